The Labute approximate surface area is 267 Å². The van der Waals surface area contributed by atoms with Crippen LogP contribution in [0.15, 0.2) is 50.5 Å². The molecule has 6 rings (SSSR count). The second-order valence-corrected chi connectivity index (χ2v) is 11.8. The van der Waals surface area contributed by atoms with E-state index in [1.54, 1.807) is 9.13 Å². The average Bonchev–Trinajstić information content (AvgIpc) is 3.04. The number of H-pyrrole nitrogens is 4. The number of unbranched alkanes of at least 4 members (excludes halogenated alkanes) is 7. The van der Waals surface area contributed by atoms with E-state index < -0.39 is 45.0 Å². The van der Waals surface area contributed by atoms with Crippen molar-refractivity contribution in [1.82, 2.24) is 48.2 Å². The first kappa shape index (κ1) is 32.0. The predicted octanol–water partition coefficient (Wildman–Crippen LogP) is -0.712. The van der Waals surface area contributed by atoms with Crippen LogP contribution in [0.5, 0.6) is 0 Å². The van der Waals surface area contributed by atoms with Gasteiger partial charge in [-0.25, -0.2) is 19.2 Å². The number of nitrogens with zero attached hydrogens (tertiary/aromatic N) is 6. The van der Waals surface area contributed by atoms with Gasteiger partial charge in [-0.1, -0.05) is 38.5 Å². The third kappa shape index (κ3) is 5.75. The standard InChI is InChI=1S/C30H32N10O8/c1-37-25(43)17-13-15-19(31-27(45)35-23(15)41)39(21(17)33-29(37)47)11-9-7-5-3-4-6-8-10-12-40-20-16(24(42)36-28(46)32-20)14-18-22(40)34-30(48)38(2)26(18)44/h13-14H,3-12H2,1-2H3,(H2,31,35,41,45)(H2,32,36,42,46). The van der Waals surface area contributed by atoms with Gasteiger partial charge in [0, 0.05) is 27.2 Å². The van der Waals surface area contributed by atoms with Gasteiger partial charge in [-0.3, -0.25) is 48.2 Å². The number of nitrogens with one attached hydrogen (secondary N) is 4. The molecule has 0 saturated carbocycles. The predicted molar refractivity (Wildman–Crippen MR) is 175 cm³/mol. The molecule has 48 heavy (non-hydrogen) atoms. The van der Waals surface area contributed by atoms with Gasteiger partial charge in [0.1, 0.15) is 11.3 Å². The molecular weight excluding hydrogens is 628 g/mol. The second kappa shape index (κ2) is 12.7. The summed E-state index contributed by atoms with van der Waals surface area (Å²) in [5.41, 5.74) is -4.81. The van der Waals surface area contributed by atoms with E-state index >= 15 is 0 Å². The quantitative estimate of drug-likeness (QED) is 0.100. The fraction of sp³-hybridized carbons (Fsp3) is 0.400. The Hall–Kier alpha value is -5.94. The molecule has 4 aliphatic heterocycles. The molecule has 0 amide bonds. The molecule has 0 spiro atoms. The van der Waals surface area contributed by atoms with Gasteiger partial charge in [0.15, 0.2) is 11.6 Å². The average molecular weight is 661 g/mol. The van der Waals surface area contributed by atoms with Crippen molar-refractivity contribution in [3.8, 4) is 22.8 Å². The van der Waals surface area contributed by atoms with E-state index in [0.717, 1.165) is 47.7 Å². The minimum Gasteiger partial charge on any atom is -0.311 e. The van der Waals surface area contributed by atoms with Crippen molar-refractivity contribution < 1.29 is 0 Å². The largest absolute Gasteiger partial charge is 0.352 e. The van der Waals surface area contributed by atoms with Gasteiger partial charge in [0.2, 0.25) is 0 Å². The first-order chi connectivity index (χ1) is 23.0. The highest BCUT2D eigenvalue weighted by atomic mass is 16.2. The molecule has 6 heterocycles. The maximum atomic E-state index is 12.8. The number of hydrogen-bond donors (Lipinski definition) is 4. The fourth-order valence-electron chi connectivity index (χ4n) is 6.04. The highest BCUT2D eigenvalue weighted by Crippen LogP contribution is 2.22. The van der Waals surface area contributed by atoms with Crippen molar-refractivity contribution in [2.45, 2.75) is 64.5 Å². The zero-order chi connectivity index (χ0) is 34.3. The molecule has 0 unspecified atom stereocenters. The van der Waals surface area contributed by atoms with Crippen LogP contribution >= 0.6 is 0 Å². The van der Waals surface area contributed by atoms with Crippen LogP contribution in [-0.4, -0.2) is 48.2 Å². The summed E-state index contributed by atoms with van der Waals surface area (Å²) in [4.78, 5) is 117. The van der Waals surface area contributed by atoms with Crippen molar-refractivity contribution in [1.29, 1.82) is 0 Å². The van der Waals surface area contributed by atoms with Gasteiger partial charge < -0.3 is 9.13 Å². The van der Waals surface area contributed by atoms with E-state index in [0.29, 0.717) is 25.9 Å². The maximum Gasteiger partial charge on any atom is 0.352 e. The van der Waals surface area contributed by atoms with Crippen LogP contribution in [0.3, 0.4) is 0 Å². The van der Waals surface area contributed by atoms with E-state index in [2.05, 4.69) is 29.9 Å². The third-order valence-electron chi connectivity index (χ3n) is 8.59. The molecule has 0 aliphatic carbocycles. The number of aryl methyl sites for hydroxylation is 2. The summed E-state index contributed by atoms with van der Waals surface area (Å²) in [6, 6.07) is 2.67. The number of fused-ring (bicyclic) bond motifs is 4. The zero-order valence-corrected chi connectivity index (χ0v) is 26.2. The Balaban J connectivity index is 1.07. The van der Waals surface area contributed by atoms with E-state index in [4.69, 9.17) is 0 Å². The van der Waals surface area contributed by atoms with E-state index in [9.17, 15) is 38.4 Å². The Morgan fingerprint density at radius 2 is 0.875 bits per heavy atom. The topological polar surface area (TPSA) is 245 Å². The number of aromatic amines is 4. The maximum absolute atomic E-state index is 12.8. The van der Waals surface area contributed by atoms with Gasteiger partial charge in [0.05, 0.1) is 21.9 Å². The molecule has 4 aliphatic rings. The smallest absolute Gasteiger partial charge is 0.311 e. The summed E-state index contributed by atoms with van der Waals surface area (Å²) in [5.74, 6) is 0.203. The van der Waals surface area contributed by atoms with Gasteiger partial charge in [-0.15, -0.1) is 0 Å². The molecular formula is C30H32N10O8. The van der Waals surface area contributed by atoms with Crippen molar-refractivity contribution in [3.63, 3.8) is 0 Å². The first-order valence-corrected chi connectivity index (χ1v) is 15.5. The summed E-state index contributed by atoms with van der Waals surface area (Å²) >= 11 is 0. The highest BCUT2D eigenvalue weighted by Gasteiger charge is 2.22. The molecule has 0 bridgehead atoms. The van der Waals surface area contributed by atoms with Gasteiger partial charge >= 0.3 is 22.8 Å². The Morgan fingerprint density at radius 3 is 1.25 bits per heavy atom. The summed E-state index contributed by atoms with van der Waals surface area (Å²) in [6.07, 6.45) is 6.47. The highest BCUT2D eigenvalue weighted by molar-refractivity contribution is 5.82. The summed E-state index contributed by atoms with van der Waals surface area (Å²) in [6.45, 7) is 0.631. The Bertz CT molecular complexity index is 2450. The summed E-state index contributed by atoms with van der Waals surface area (Å²) < 4.78 is 4.82. The minimum atomic E-state index is -0.738. The fourth-order valence-corrected chi connectivity index (χ4v) is 6.04. The molecule has 2 aromatic rings. The lowest BCUT2D eigenvalue weighted by Crippen LogP contribution is -2.36. The molecule has 0 radical (unpaired) electrons. The minimum absolute atomic E-state index is 0.0988. The van der Waals surface area contributed by atoms with Crippen LogP contribution in [0.25, 0.3) is 44.8 Å². The van der Waals surface area contributed by atoms with Crippen LogP contribution < -0.4 is 45.0 Å². The molecule has 18 heteroatoms. The number of aromatic nitrogens is 10. The first-order valence-electron chi connectivity index (χ1n) is 15.5. The molecule has 0 saturated heterocycles. The van der Waals surface area contributed by atoms with Crippen molar-refractivity contribution in [2.24, 2.45) is 14.1 Å². The Morgan fingerprint density at radius 1 is 0.521 bits per heavy atom. The van der Waals surface area contributed by atoms with Crippen LogP contribution in [0.1, 0.15) is 51.4 Å². The van der Waals surface area contributed by atoms with Crippen molar-refractivity contribution in [2.75, 3.05) is 0 Å². The van der Waals surface area contributed by atoms with Crippen LogP contribution in [0.2, 0.25) is 0 Å². The zero-order valence-electron chi connectivity index (χ0n) is 26.2. The molecule has 250 valence electrons. The monoisotopic (exact) mass is 660 g/mol. The summed E-state index contributed by atoms with van der Waals surface area (Å²) in [7, 11) is 2.61. The van der Waals surface area contributed by atoms with E-state index in [1.807, 2.05) is 0 Å². The van der Waals surface area contributed by atoms with Crippen LogP contribution in [0.4, 0.5) is 0 Å². The molecule has 18 nitrogen and oxygen atoms in total. The summed E-state index contributed by atoms with van der Waals surface area (Å²) in [5, 5.41) is 0.221. The van der Waals surface area contributed by atoms with Crippen LogP contribution in [0, 0.1) is 0 Å². The van der Waals surface area contributed by atoms with Gasteiger partial charge in [-0.2, -0.15) is 9.97 Å². The van der Waals surface area contributed by atoms with Gasteiger partial charge in [-0.05, 0) is 25.0 Å². The second-order valence-electron chi connectivity index (χ2n) is 11.8. The lowest BCUT2D eigenvalue weighted by molar-refractivity contribution is 0.527. The third-order valence-corrected chi connectivity index (χ3v) is 8.59. The SMILES string of the molecule is Cn1c(=O)nc2n(CCCCCCCCCCn3c4nc(=O)n(C)c(=O)c-4cc4c(=O)[nH]c(=O)[nH]c43)c3[nH]c(=O)[nH]c(=O)c3cc-2c1=O. The number of rotatable bonds is 11. The molecule has 0 atom stereocenters. The van der Waals surface area contributed by atoms with E-state index in [1.165, 1.54) is 26.2 Å². The van der Waals surface area contributed by atoms with Crippen LogP contribution in [-0.2, 0) is 27.2 Å². The van der Waals surface area contributed by atoms with Crippen molar-refractivity contribution >= 4 is 22.1 Å². The van der Waals surface area contributed by atoms with Gasteiger partial charge in [0.25, 0.3) is 22.2 Å². The Kier molecular flexibility index (Phi) is 8.46. The van der Waals surface area contributed by atoms with E-state index in [-0.39, 0.29) is 44.8 Å². The molecule has 0 fully saturated rings. The molecule has 4 N–H and O–H groups in total. The lowest BCUT2D eigenvalue weighted by Gasteiger charge is -2.17. The number of pyridine rings is 2. The molecule has 0 aromatic carbocycles. The normalized spacial score (nSPS) is 11.8. The molecule has 2 aromatic heterocycles. The lowest BCUT2D eigenvalue weighted by atomic mass is 10.1. The number of hydrogen-bond acceptors (Lipinski definition) is 10. The van der Waals surface area contributed by atoms with Crippen molar-refractivity contribution in [3.05, 3.63) is 95.5 Å².